The van der Waals surface area contributed by atoms with Gasteiger partial charge in [-0.05, 0) is 23.9 Å². The van der Waals surface area contributed by atoms with Gasteiger partial charge < -0.3 is 29.2 Å². The molecule has 3 aromatic heterocycles. The number of benzene rings is 1. The van der Waals surface area contributed by atoms with Crippen LogP contribution in [0.25, 0.3) is 33.5 Å². The first-order chi connectivity index (χ1) is 15.3. The second-order valence-corrected chi connectivity index (χ2v) is 8.51. The van der Waals surface area contributed by atoms with Crippen molar-refractivity contribution in [3.8, 4) is 11.4 Å². The first-order valence-corrected chi connectivity index (χ1v) is 10.9. The summed E-state index contributed by atoms with van der Waals surface area (Å²) in [5, 5.41) is 1.18. The van der Waals surface area contributed by atoms with E-state index in [9.17, 15) is 0 Å². The van der Waals surface area contributed by atoms with Crippen molar-refractivity contribution in [1.82, 2.24) is 24.9 Å². The lowest BCUT2D eigenvalue weighted by Crippen LogP contribution is -2.40. The standard InChI is InChI=1S/C22H23N7O2/c1-2-14(9-17-13(1)3-4-23-17)19-24-18-20(25-19)26-22(28-5-7-30-8-6-28)27-21(18)29-11-16-10-15(29)12-31-16/h1-4,9,15-16,23H,5-8,10-12H2,(H,24,25,26,27). The van der Waals surface area contributed by atoms with Crippen LogP contribution in [0.2, 0.25) is 0 Å². The Bertz CT molecular complexity index is 1280. The summed E-state index contributed by atoms with van der Waals surface area (Å²) >= 11 is 0. The van der Waals surface area contributed by atoms with Gasteiger partial charge in [-0.1, -0.05) is 12.1 Å². The van der Waals surface area contributed by atoms with Crippen molar-refractivity contribution in [1.29, 1.82) is 0 Å². The number of anilines is 2. The van der Waals surface area contributed by atoms with Crippen LogP contribution < -0.4 is 9.80 Å². The van der Waals surface area contributed by atoms with Crippen LogP contribution in [0.1, 0.15) is 6.42 Å². The van der Waals surface area contributed by atoms with Gasteiger partial charge in [0, 0.05) is 36.9 Å². The van der Waals surface area contributed by atoms with Crippen LogP contribution in [0.15, 0.2) is 30.5 Å². The number of imidazole rings is 1. The lowest BCUT2D eigenvalue weighted by atomic mass is 10.1. The summed E-state index contributed by atoms with van der Waals surface area (Å²) in [5.74, 6) is 2.47. The van der Waals surface area contributed by atoms with E-state index in [-0.39, 0.29) is 0 Å². The molecule has 9 nitrogen and oxygen atoms in total. The zero-order valence-corrected chi connectivity index (χ0v) is 17.0. The van der Waals surface area contributed by atoms with Crippen LogP contribution in [0.5, 0.6) is 0 Å². The van der Waals surface area contributed by atoms with E-state index in [1.807, 2.05) is 6.20 Å². The van der Waals surface area contributed by atoms with Crippen LogP contribution in [-0.4, -0.2) is 76.5 Å². The quantitative estimate of drug-likeness (QED) is 0.528. The van der Waals surface area contributed by atoms with Gasteiger partial charge in [0.25, 0.3) is 0 Å². The highest BCUT2D eigenvalue weighted by Crippen LogP contribution is 2.36. The van der Waals surface area contributed by atoms with Gasteiger partial charge in [-0.3, -0.25) is 0 Å². The number of hydrogen-bond donors (Lipinski definition) is 2. The van der Waals surface area contributed by atoms with Crippen LogP contribution in [0.4, 0.5) is 11.8 Å². The SMILES string of the molecule is c1cc2ccc(-c3nc4nc(N5CCOCC5)nc(N5CC6CC5CO6)c4[nH]3)cc2[nH]1. The van der Waals surface area contributed by atoms with Crippen LogP contribution >= 0.6 is 0 Å². The van der Waals surface area contributed by atoms with E-state index in [1.165, 1.54) is 5.39 Å². The van der Waals surface area contributed by atoms with Crippen molar-refractivity contribution in [3.63, 3.8) is 0 Å². The Balaban J connectivity index is 1.37. The molecule has 3 saturated heterocycles. The fourth-order valence-electron chi connectivity index (χ4n) is 4.97. The van der Waals surface area contributed by atoms with E-state index in [4.69, 9.17) is 24.4 Å². The average Bonchev–Trinajstić information content (AvgIpc) is 3.61. The molecule has 4 aromatic rings. The van der Waals surface area contributed by atoms with E-state index in [2.05, 4.69) is 44.0 Å². The molecule has 0 spiro atoms. The zero-order valence-electron chi connectivity index (χ0n) is 17.0. The second kappa shape index (κ2) is 6.66. The van der Waals surface area contributed by atoms with Gasteiger partial charge in [0.05, 0.1) is 32.0 Å². The maximum atomic E-state index is 5.83. The van der Waals surface area contributed by atoms with Gasteiger partial charge in [-0.15, -0.1) is 0 Å². The highest BCUT2D eigenvalue weighted by Gasteiger charge is 2.41. The summed E-state index contributed by atoms with van der Waals surface area (Å²) < 4.78 is 11.3. The third-order valence-corrected chi connectivity index (χ3v) is 6.61. The maximum Gasteiger partial charge on any atom is 0.229 e. The molecular weight excluding hydrogens is 394 g/mol. The van der Waals surface area contributed by atoms with Crippen molar-refractivity contribution in [2.75, 3.05) is 49.3 Å². The number of fused-ring (bicyclic) bond motifs is 4. The minimum absolute atomic E-state index is 0.291. The minimum Gasteiger partial charge on any atom is -0.378 e. The fraction of sp³-hybridized carbons (Fsp3) is 0.409. The fourth-order valence-corrected chi connectivity index (χ4v) is 4.97. The number of rotatable bonds is 3. The van der Waals surface area contributed by atoms with Crippen molar-refractivity contribution < 1.29 is 9.47 Å². The topological polar surface area (TPSA) is 95.2 Å². The average molecular weight is 417 g/mol. The Morgan fingerprint density at radius 2 is 2.00 bits per heavy atom. The lowest BCUT2D eigenvalue weighted by Gasteiger charge is -2.30. The Kier molecular flexibility index (Phi) is 3.76. The highest BCUT2D eigenvalue weighted by molar-refractivity contribution is 5.89. The van der Waals surface area contributed by atoms with Gasteiger partial charge in [-0.2, -0.15) is 9.97 Å². The Labute approximate surface area is 178 Å². The Morgan fingerprint density at radius 3 is 2.84 bits per heavy atom. The third kappa shape index (κ3) is 2.80. The van der Waals surface area contributed by atoms with E-state index in [0.717, 1.165) is 66.8 Å². The van der Waals surface area contributed by atoms with Crippen LogP contribution in [-0.2, 0) is 9.47 Å². The van der Waals surface area contributed by atoms with Crippen molar-refractivity contribution >= 4 is 33.8 Å². The number of morpholine rings is 2. The van der Waals surface area contributed by atoms with Gasteiger partial charge >= 0.3 is 0 Å². The molecule has 2 unspecified atom stereocenters. The number of nitrogens with zero attached hydrogens (tertiary/aromatic N) is 5. The first kappa shape index (κ1) is 17.5. The zero-order chi connectivity index (χ0) is 20.4. The van der Waals surface area contributed by atoms with E-state index in [1.54, 1.807) is 0 Å². The Hall–Kier alpha value is -3.17. The van der Waals surface area contributed by atoms with Gasteiger partial charge in [0.2, 0.25) is 5.95 Å². The summed E-state index contributed by atoms with van der Waals surface area (Å²) in [6, 6.07) is 8.75. The smallest absolute Gasteiger partial charge is 0.229 e. The van der Waals surface area contributed by atoms with Crippen molar-refractivity contribution in [2.45, 2.75) is 18.6 Å². The largest absolute Gasteiger partial charge is 0.378 e. The summed E-state index contributed by atoms with van der Waals surface area (Å²) in [4.78, 5) is 26.1. The normalized spacial score (nSPS) is 23.5. The molecule has 3 aliphatic rings. The third-order valence-electron chi connectivity index (χ3n) is 6.61. The summed E-state index contributed by atoms with van der Waals surface area (Å²) in [6.45, 7) is 4.60. The van der Waals surface area contributed by atoms with E-state index < -0.39 is 0 Å². The summed E-state index contributed by atoms with van der Waals surface area (Å²) in [5.41, 5.74) is 3.72. The van der Waals surface area contributed by atoms with Crippen molar-refractivity contribution in [3.05, 3.63) is 30.5 Å². The highest BCUT2D eigenvalue weighted by atomic mass is 16.5. The molecular formula is C22H23N7O2. The molecule has 158 valence electrons. The number of ether oxygens (including phenoxy) is 2. The summed E-state index contributed by atoms with van der Waals surface area (Å²) in [7, 11) is 0. The van der Waals surface area contributed by atoms with Gasteiger partial charge in [-0.25, -0.2) is 4.98 Å². The molecule has 0 aliphatic carbocycles. The molecule has 6 heterocycles. The molecule has 2 bridgehead atoms. The molecule has 9 heteroatoms. The number of nitrogens with one attached hydrogen (secondary N) is 2. The summed E-state index contributed by atoms with van der Waals surface area (Å²) in [6.07, 6.45) is 3.30. The van der Waals surface area contributed by atoms with Crippen LogP contribution in [0.3, 0.4) is 0 Å². The Morgan fingerprint density at radius 1 is 1.06 bits per heavy atom. The molecule has 7 rings (SSSR count). The van der Waals surface area contributed by atoms with Crippen LogP contribution in [0, 0.1) is 0 Å². The first-order valence-electron chi connectivity index (χ1n) is 10.9. The number of H-pyrrole nitrogens is 2. The lowest BCUT2D eigenvalue weighted by molar-refractivity contribution is 0.0989. The number of aromatic nitrogens is 5. The number of aromatic amines is 2. The molecule has 0 amide bonds. The predicted octanol–water partition coefficient (Wildman–Crippen LogP) is 2.32. The van der Waals surface area contributed by atoms with E-state index in [0.29, 0.717) is 31.0 Å². The molecule has 2 atom stereocenters. The minimum atomic E-state index is 0.291. The second-order valence-electron chi connectivity index (χ2n) is 8.51. The predicted molar refractivity (Wildman–Crippen MR) is 117 cm³/mol. The molecule has 3 aliphatic heterocycles. The molecule has 31 heavy (non-hydrogen) atoms. The number of hydrogen-bond acceptors (Lipinski definition) is 7. The van der Waals surface area contributed by atoms with Crippen molar-refractivity contribution in [2.24, 2.45) is 0 Å². The molecule has 0 radical (unpaired) electrons. The van der Waals surface area contributed by atoms with Gasteiger partial charge in [0.15, 0.2) is 11.5 Å². The molecule has 3 fully saturated rings. The van der Waals surface area contributed by atoms with E-state index >= 15 is 0 Å². The molecule has 1 aromatic carbocycles. The maximum absolute atomic E-state index is 5.83. The molecule has 0 saturated carbocycles. The molecule has 2 N–H and O–H groups in total. The monoisotopic (exact) mass is 417 g/mol. The van der Waals surface area contributed by atoms with Gasteiger partial charge in [0.1, 0.15) is 11.3 Å².